The van der Waals surface area contributed by atoms with Crippen LogP contribution >= 0.6 is 24.0 Å². The van der Waals surface area contributed by atoms with E-state index in [1.165, 1.54) is 11.3 Å². The molecule has 1 unspecified atom stereocenters. The van der Waals surface area contributed by atoms with Gasteiger partial charge in [0.2, 0.25) is 0 Å². The molecule has 0 saturated carbocycles. The highest BCUT2D eigenvalue weighted by atomic mass is 127. The minimum atomic E-state index is 0. The second-order valence-electron chi connectivity index (χ2n) is 6.55. The van der Waals surface area contributed by atoms with Crippen LogP contribution in [0.15, 0.2) is 41.4 Å². The summed E-state index contributed by atoms with van der Waals surface area (Å²) in [6.45, 7) is 5.56. The molecule has 1 atom stereocenters. The summed E-state index contributed by atoms with van der Waals surface area (Å²) in [6, 6.07) is 8.79. The Labute approximate surface area is 168 Å². The second-order valence-corrected chi connectivity index (χ2v) is 6.55. The van der Waals surface area contributed by atoms with E-state index < -0.39 is 0 Å². The molecule has 25 heavy (non-hydrogen) atoms. The number of halogens is 1. The molecule has 6 heteroatoms. The fourth-order valence-electron chi connectivity index (χ4n) is 3.28. The van der Waals surface area contributed by atoms with Gasteiger partial charge in [-0.05, 0) is 24.1 Å². The average molecular weight is 456 g/mol. The fraction of sp³-hybridized carbons (Fsp3) is 0.526. The van der Waals surface area contributed by atoms with Crippen LogP contribution in [-0.4, -0.2) is 57.8 Å². The summed E-state index contributed by atoms with van der Waals surface area (Å²) in [5, 5.41) is 3.46. The number of benzene rings is 1. The Balaban J connectivity index is 0.00000225. The number of anilines is 1. The Morgan fingerprint density at radius 2 is 2.00 bits per heavy atom. The Morgan fingerprint density at radius 1 is 1.28 bits per heavy atom. The van der Waals surface area contributed by atoms with Crippen LogP contribution in [-0.2, 0) is 11.3 Å². The first kappa shape index (κ1) is 20.0. The van der Waals surface area contributed by atoms with Crippen LogP contribution in [0.5, 0.6) is 0 Å². The van der Waals surface area contributed by atoms with Gasteiger partial charge >= 0.3 is 0 Å². The van der Waals surface area contributed by atoms with Crippen LogP contribution in [0, 0.1) is 5.92 Å². The van der Waals surface area contributed by atoms with E-state index in [0.29, 0.717) is 5.92 Å². The van der Waals surface area contributed by atoms with Gasteiger partial charge in [0.15, 0.2) is 5.96 Å². The highest BCUT2D eigenvalue weighted by Crippen LogP contribution is 2.17. The minimum absolute atomic E-state index is 0. The maximum Gasteiger partial charge on any atom is 0.193 e. The number of aliphatic imine (C=N–C) groups is 1. The molecule has 1 fully saturated rings. The summed E-state index contributed by atoms with van der Waals surface area (Å²) in [6.07, 6.45) is 5.57. The number of nitrogens with one attached hydrogen (secondary N) is 1. The van der Waals surface area contributed by atoms with E-state index in [0.717, 1.165) is 51.8 Å². The molecule has 138 valence electrons. The third-order valence-electron chi connectivity index (χ3n) is 4.70. The number of ether oxygens (including phenoxy) is 1. The zero-order valence-electron chi connectivity index (χ0n) is 15.1. The third kappa shape index (κ3) is 5.60. The van der Waals surface area contributed by atoms with E-state index >= 15 is 0 Å². The van der Waals surface area contributed by atoms with Crippen molar-refractivity contribution in [2.75, 3.05) is 51.8 Å². The topological polar surface area (TPSA) is 40.1 Å². The lowest BCUT2D eigenvalue weighted by Crippen LogP contribution is -2.41. The van der Waals surface area contributed by atoms with Crippen LogP contribution < -0.4 is 10.2 Å². The Bertz CT molecular complexity index is 574. The molecule has 0 aliphatic carbocycles. The van der Waals surface area contributed by atoms with Gasteiger partial charge in [0.05, 0.1) is 6.61 Å². The van der Waals surface area contributed by atoms with Crippen LogP contribution in [0.25, 0.3) is 0 Å². The molecule has 0 aromatic heterocycles. The first-order chi connectivity index (χ1) is 11.8. The molecule has 5 nitrogen and oxygen atoms in total. The van der Waals surface area contributed by atoms with Crippen LogP contribution in [0.3, 0.4) is 0 Å². The predicted octanol–water partition coefficient (Wildman–Crippen LogP) is 2.72. The summed E-state index contributed by atoms with van der Waals surface area (Å²) in [5.41, 5.74) is 2.55. The lowest BCUT2D eigenvalue weighted by molar-refractivity contribution is 0.181. The van der Waals surface area contributed by atoms with Crippen molar-refractivity contribution in [2.45, 2.75) is 13.0 Å². The predicted molar refractivity (Wildman–Crippen MR) is 115 cm³/mol. The van der Waals surface area contributed by atoms with E-state index in [2.05, 4.69) is 63.6 Å². The number of rotatable bonds is 5. The monoisotopic (exact) mass is 456 g/mol. The van der Waals surface area contributed by atoms with Crippen molar-refractivity contribution < 1.29 is 4.74 Å². The van der Waals surface area contributed by atoms with E-state index in [4.69, 9.17) is 4.74 Å². The zero-order valence-corrected chi connectivity index (χ0v) is 17.5. The van der Waals surface area contributed by atoms with E-state index in [1.807, 2.05) is 7.05 Å². The molecule has 1 saturated heterocycles. The molecule has 1 aromatic carbocycles. The zero-order chi connectivity index (χ0) is 16.8. The first-order valence-electron chi connectivity index (χ1n) is 8.74. The maximum absolute atomic E-state index is 5.46. The van der Waals surface area contributed by atoms with Gasteiger partial charge in [-0.15, -0.1) is 24.0 Å². The molecule has 0 amide bonds. The van der Waals surface area contributed by atoms with Crippen LogP contribution in [0.2, 0.25) is 0 Å². The van der Waals surface area contributed by atoms with Gasteiger partial charge in [0, 0.05) is 58.5 Å². The standard InChI is InChI=1S/C19H28N4O.HI/c1-20-19(22(2)14-17-9-12-24-15-17)21-13-16-5-7-18(8-6-16)23-10-3-4-11-23;/h3-8,17H,9-15H2,1-2H3,(H,20,21);1H. The normalized spacial score (nSPS) is 19.8. The van der Waals surface area contributed by atoms with Gasteiger partial charge in [-0.1, -0.05) is 24.3 Å². The molecule has 0 radical (unpaired) electrons. The van der Waals surface area contributed by atoms with Gasteiger partial charge in [-0.3, -0.25) is 4.99 Å². The van der Waals surface area contributed by atoms with Crippen molar-refractivity contribution >= 4 is 35.6 Å². The summed E-state index contributed by atoms with van der Waals surface area (Å²) in [4.78, 5) is 8.95. The first-order valence-corrected chi connectivity index (χ1v) is 8.74. The number of hydrogen-bond donors (Lipinski definition) is 1. The Hall–Kier alpha value is -1.28. The van der Waals surface area contributed by atoms with Crippen molar-refractivity contribution in [3.05, 3.63) is 42.0 Å². The lowest BCUT2D eigenvalue weighted by atomic mass is 10.1. The fourth-order valence-corrected chi connectivity index (χ4v) is 3.28. The Morgan fingerprint density at radius 3 is 2.60 bits per heavy atom. The van der Waals surface area contributed by atoms with Gasteiger partial charge in [0.25, 0.3) is 0 Å². The smallest absolute Gasteiger partial charge is 0.193 e. The molecule has 2 heterocycles. The summed E-state index contributed by atoms with van der Waals surface area (Å²) < 4.78 is 5.46. The summed E-state index contributed by atoms with van der Waals surface area (Å²) >= 11 is 0. The van der Waals surface area contributed by atoms with Crippen molar-refractivity contribution in [2.24, 2.45) is 10.9 Å². The van der Waals surface area contributed by atoms with Gasteiger partial charge in [0.1, 0.15) is 0 Å². The highest BCUT2D eigenvalue weighted by Gasteiger charge is 2.19. The summed E-state index contributed by atoms with van der Waals surface area (Å²) in [7, 11) is 3.94. The minimum Gasteiger partial charge on any atom is -0.381 e. The van der Waals surface area contributed by atoms with Crippen molar-refractivity contribution in [3.8, 4) is 0 Å². The molecular formula is C19H29IN4O. The second kappa shape index (κ2) is 10.0. The molecule has 1 aromatic rings. The van der Waals surface area contributed by atoms with E-state index in [1.54, 1.807) is 0 Å². The van der Waals surface area contributed by atoms with E-state index in [-0.39, 0.29) is 24.0 Å². The van der Waals surface area contributed by atoms with Gasteiger partial charge in [-0.25, -0.2) is 0 Å². The Kier molecular flexibility index (Phi) is 8.02. The number of nitrogens with zero attached hydrogens (tertiary/aromatic N) is 3. The number of guanidine groups is 1. The lowest BCUT2D eigenvalue weighted by Gasteiger charge is -2.24. The highest BCUT2D eigenvalue weighted by molar-refractivity contribution is 14.0. The molecule has 2 aliphatic rings. The molecule has 1 N–H and O–H groups in total. The molecular weight excluding hydrogens is 427 g/mol. The molecule has 2 aliphatic heterocycles. The summed E-state index contributed by atoms with van der Waals surface area (Å²) in [5.74, 6) is 1.55. The van der Waals surface area contributed by atoms with Gasteiger partial charge < -0.3 is 19.9 Å². The van der Waals surface area contributed by atoms with Crippen molar-refractivity contribution in [1.29, 1.82) is 0 Å². The molecule has 3 rings (SSSR count). The molecule has 0 spiro atoms. The largest absolute Gasteiger partial charge is 0.381 e. The van der Waals surface area contributed by atoms with Crippen LogP contribution in [0.4, 0.5) is 5.69 Å². The molecule has 0 bridgehead atoms. The SMILES string of the molecule is CN=C(NCc1ccc(N2CC=CC2)cc1)N(C)CC1CCOC1.I. The quantitative estimate of drug-likeness (QED) is 0.320. The average Bonchev–Trinajstić information content (AvgIpc) is 3.29. The third-order valence-corrected chi connectivity index (χ3v) is 4.70. The van der Waals surface area contributed by atoms with Crippen molar-refractivity contribution in [3.63, 3.8) is 0 Å². The number of hydrogen-bond acceptors (Lipinski definition) is 3. The van der Waals surface area contributed by atoms with Crippen molar-refractivity contribution in [1.82, 2.24) is 10.2 Å². The van der Waals surface area contributed by atoms with Gasteiger partial charge in [-0.2, -0.15) is 0 Å². The van der Waals surface area contributed by atoms with E-state index in [9.17, 15) is 0 Å². The van der Waals surface area contributed by atoms with Crippen LogP contribution in [0.1, 0.15) is 12.0 Å². The maximum atomic E-state index is 5.46.